The molecule has 1 atom stereocenters. The Kier molecular flexibility index (Phi) is 4.79. The second kappa shape index (κ2) is 5.08. The highest BCUT2D eigenvalue weighted by atomic mass is 15.1. The smallest absolute Gasteiger partial charge is 0.0511 e. The van der Waals surface area contributed by atoms with Gasteiger partial charge in [0.05, 0.1) is 5.71 Å². The van der Waals surface area contributed by atoms with Crippen molar-refractivity contribution in [2.75, 3.05) is 20.6 Å². The van der Waals surface area contributed by atoms with Crippen LogP contribution in [0, 0.1) is 0 Å². The van der Waals surface area contributed by atoms with Crippen LogP contribution in [0.4, 0.5) is 0 Å². The minimum atomic E-state index is 0.368. The lowest BCUT2D eigenvalue weighted by Crippen LogP contribution is -2.31. The van der Waals surface area contributed by atoms with Gasteiger partial charge in [-0.3, -0.25) is 4.99 Å². The first kappa shape index (κ1) is 10.4. The number of rotatable bonds is 4. The van der Waals surface area contributed by atoms with E-state index in [2.05, 4.69) is 23.4 Å². The van der Waals surface area contributed by atoms with E-state index in [0.717, 1.165) is 12.3 Å². The lowest BCUT2D eigenvalue weighted by molar-refractivity contribution is 0.382. The van der Waals surface area contributed by atoms with E-state index in [4.69, 9.17) is 0 Å². The van der Waals surface area contributed by atoms with E-state index in [1.54, 1.807) is 0 Å². The minimum Gasteiger partial charge on any atom is -0.301 e. The third-order valence-corrected chi connectivity index (χ3v) is 1.75. The average Bonchev–Trinajstić information content (AvgIpc) is 1.98. The van der Waals surface area contributed by atoms with Crippen LogP contribution in [0.15, 0.2) is 17.6 Å². The van der Waals surface area contributed by atoms with Gasteiger partial charge < -0.3 is 4.90 Å². The van der Waals surface area contributed by atoms with E-state index < -0.39 is 0 Å². The molecule has 0 heterocycles. The average molecular weight is 154 g/mol. The zero-order chi connectivity index (χ0) is 8.85. The zero-order valence-corrected chi connectivity index (χ0v) is 7.96. The van der Waals surface area contributed by atoms with Crippen LogP contribution >= 0.6 is 0 Å². The van der Waals surface area contributed by atoms with E-state index in [1.807, 2.05) is 27.1 Å². The summed E-state index contributed by atoms with van der Waals surface area (Å²) in [5, 5.41) is 0. The second-order valence-corrected chi connectivity index (χ2v) is 2.74. The van der Waals surface area contributed by atoms with Crippen LogP contribution < -0.4 is 0 Å². The van der Waals surface area contributed by atoms with Crippen LogP contribution in [0.2, 0.25) is 0 Å². The Bertz CT molecular complexity index is 148. The van der Waals surface area contributed by atoms with Crippen molar-refractivity contribution < 1.29 is 0 Å². The number of nitrogens with zero attached hydrogens (tertiary/aromatic N) is 2. The van der Waals surface area contributed by atoms with E-state index in [-0.39, 0.29) is 0 Å². The SMILES string of the molecule is C=CC(=NCC)C(C)N(C)C. The largest absolute Gasteiger partial charge is 0.301 e. The molecule has 0 aromatic rings. The Labute approximate surface area is 69.6 Å². The molecule has 0 aliphatic carbocycles. The topological polar surface area (TPSA) is 15.6 Å². The van der Waals surface area contributed by atoms with Gasteiger partial charge in [-0.05, 0) is 34.0 Å². The molecule has 0 saturated carbocycles. The zero-order valence-electron chi connectivity index (χ0n) is 7.96. The summed E-state index contributed by atoms with van der Waals surface area (Å²) >= 11 is 0. The maximum Gasteiger partial charge on any atom is 0.0511 e. The molecule has 0 radical (unpaired) electrons. The molecule has 0 N–H and O–H groups in total. The van der Waals surface area contributed by atoms with E-state index in [9.17, 15) is 0 Å². The maximum absolute atomic E-state index is 4.32. The van der Waals surface area contributed by atoms with Gasteiger partial charge in [0.25, 0.3) is 0 Å². The summed E-state index contributed by atoms with van der Waals surface area (Å²) in [5.74, 6) is 0. The maximum atomic E-state index is 4.32. The second-order valence-electron chi connectivity index (χ2n) is 2.74. The van der Waals surface area contributed by atoms with Gasteiger partial charge in [-0.15, -0.1) is 0 Å². The van der Waals surface area contributed by atoms with Crippen LogP contribution in [-0.4, -0.2) is 37.3 Å². The third kappa shape index (κ3) is 3.33. The predicted molar refractivity (Wildman–Crippen MR) is 51.3 cm³/mol. The molecule has 0 rings (SSSR count). The monoisotopic (exact) mass is 154 g/mol. The summed E-state index contributed by atoms with van der Waals surface area (Å²) in [5.41, 5.74) is 1.07. The first-order valence-electron chi connectivity index (χ1n) is 3.96. The molecule has 0 aliphatic heterocycles. The van der Waals surface area contributed by atoms with Crippen LogP contribution in [-0.2, 0) is 0 Å². The molecule has 0 aliphatic rings. The van der Waals surface area contributed by atoms with Crippen molar-refractivity contribution in [3.63, 3.8) is 0 Å². The Hall–Kier alpha value is -0.630. The van der Waals surface area contributed by atoms with Gasteiger partial charge in [0, 0.05) is 12.6 Å². The molecular weight excluding hydrogens is 136 g/mol. The normalized spacial score (nSPS) is 15.2. The molecule has 0 aromatic carbocycles. The van der Waals surface area contributed by atoms with Gasteiger partial charge in [-0.25, -0.2) is 0 Å². The van der Waals surface area contributed by atoms with Crippen molar-refractivity contribution >= 4 is 5.71 Å². The fraction of sp³-hybridized carbons (Fsp3) is 0.667. The highest BCUT2D eigenvalue weighted by Gasteiger charge is 2.07. The van der Waals surface area contributed by atoms with Crippen LogP contribution in [0.25, 0.3) is 0 Å². The van der Waals surface area contributed by atoms with Crippen molar-refractivity contribution in [3.05, 3.63) is 12.7 Å². The van der Waals surface area contributed by atoms with E-state index in [1.165, 1.54) is 0 Å². The number of aliphatic imine (C=N–C) groups is 1. The molecule has 0 spiro atoms. The molecule has 0 bridgehead atoms. The molecule has 2 nitrogen and oxygen atoms in total. The molecule has 64 valence electrons. The van der Waals surface area contributed by atoms with Gasteiger partial charge in [-0.2, -0.15) is 0 Å². The third-order valence-electron chi connectivity index (χ3n) is 1.75. The van der Waals surface area contributed by atoms with Crippen LogP contribution in [0.5, 0.6) is 0 Å². The van der Waals surface area contributed by atoms with Gasteiger partial charge in [0.15, 0.2) is 0 Å². The Morgan fingerprint density at radius 2 is 2.18 bits per heavy atom. The van der Waals surface area contributed by atoms with Crippen molar-refractivity contribution in [2.24, 2.45) is 4.99 Å². The molecule has 2 heteroatoms. The molecule has 0 fully saturated rings. The molecule has 1 unspecified atom stereocenters. The summed E-state index contributed by atoms with van der Waals surface area (Å²) in [4.78, 5) is 6.44. The highest BCUT2D eigenvalue weighted by Crippen LogP contribution is 1.96. The van der Waals surface area contributed by atoms with Gasteiger partial charge >= 0.3 is 0 Å². The standard InChI is InChI=1S/C9H18N2/c1-6-9(10-7-2)8(3)11(4)5/h6,8H,1,7H2,2-5H3. The lowest BCUT2D eigenvalue weighted by atomic mass is 10.2. The molecule has 0 amide bonds. The fourth-order valence-electron chi connectivity index (χ4n) is 0.814. The number of hydrogen-bond donors (Lipinski definition) is 0. The highest BCUT2D eigenvalue weighted by molar-refractivity contribution is 5.98. The van der Waals surface area contributed by atoms with Gasteiger partial charge in [-0.1, -0.05) is 6.58 Å². The van der Waals surface area contributed by atoms with E-state index in [0.29, 0.717) is 6.04 Å². The van der Waals surface area contributed by atoms with Gasteiger partial charge in [0.2, 0.25) is 0 Å². The lowest BCUT2D eigenvalue weighted by Gasteiger charge is -2.19. The first-order valence-corrected chi connectivity index (χ1v) is 3.96. The summed E-state index contributed by atoms with van der Waals surface area (Å²) in [7, 11) is 4.08. The van der Waals surface area contributed by atoms with E-state index >= 15 is 0 Å². The van der Waals surface area contributed by atoms with Crippen LogP contribution in [0.3, 0.4) is 0 Å². The summed E-state index contributed by atoms with van der Waals surface area (Å²) in [6.45, 7) is 8.71. The van der Waals surface area contributed by atoms with Crippen molar-refractivity contribution in [1.82, 2.24) is 4.90 Å². The first-order chi connectivity index (χ1) is 5.13. The Morgan fingerprint density at radius 3 is 2.45 bits per heavy atom. The fourth-order valence-corrected chi connectivity index (χ4v) is 0.814. The Morgan fingerprint density at radius 1 is 1.64 bits per heavy atom. The molecule has 0 saturated heterocycles. The Balaban J connectivity index is 4.25. The summed E-state index contributed by atoms with van der Waals surface area (Å²) in [6, 6.07) is 0.368. The molecule has 11 heavy (non-hydrogen) atoms. The van der Waals surface area contributed by atoms with Gasteiger partial charge in [0.1, 0.15) is 0 Å². The van der Waals surface area contributed by atoms with Crippen molar-refractivity contribution in [2.45, 2.75) is 19.9 Å². The summed E-state index contributed by atoms with van der Waals surface area (Å²) < 4.78 is 0. The summed E-state index contributed by atoms with van der Waals surface area (Å²) in [6.07, 6.45) is 1.83. The number of hydrogen-bond acceptors (Lipinski definition) is 2. The van der Waals surface area contributed by atoms with Crippen molar-refractivity contribution in [1.29, 1.82) is 0 Å². The van der Waals surface area contributed by atoms with Crippen molar-refractivity contribution in [3.8, 4) is 0 Å². The quantitative estimate of drug-likeness (QED) is 0.561. The van der Waals surface area contributed by atoms with Crippen LogP contribution in [0.1, 0.15) is 13.8 Å². The minimum absolute atomic E-state index is 0.368. The molecule has 0 aromatic heterocycles. The molecular formula is C9H18N2. The predicted octanol–water partition coefficient (Wildman–Crippen LogP) is 1.58.